The quantitative estimate of drug-likeness (QED) is 0.457. The lowest BCUT2D eigenvalue weighted by molar-refractivity contribution is 0.0727. The predicted octanol–water partition coefficient (Wildman–Crippen LogP) is 3.15. The Kier molecular flexibility index (Phi) is 5.56. The molecule has 0 amide bonds. The van der Waals surface area contributed by atoms with Crippen molar-refractivity contribution in [2.75, 3.05) is 5.75 Å². The number of rotatable bonds is 5. The van der Waals surface area contributed by atoms with Crippen molar-refractivity contribution < 1.29 is 17.9 Å². The van der Waals surface area contributed by atoms with Crippen LogP contribution in [-0.4, -0.2) is 30.1 Å². The SMILES string of the molecule is CCCS(=O)(=O)c1ncc(Cl)c(C(=O)Oc2cc(C)cc(C)c2)n1. The van der Waals surface area contributed by atoms with Gasteiger partial charge in [-0.3, -0.25) is 0 Å². The Balaban J connectivity index is 2.35. The molecule has 2 rings (SSSR count). The topological polar surface area (TPSA) is 86.2 Å². The Hall–Kier alpha value is -1.99. The first-order valence-electron chi connectivity index (χ1n) is 7.28. The summed E-state index contributed by atoms with van der Waals surface area (Å²) in [6, 6.07) is 5.31. The summed E-state index contributed by atoms with van der Waals surface area (Å²) in [5, 5.41) is -0.499. The molecule has 0 spiro atoms. The van der Waals surface area contributed by atoms with E-state index in [0.29, 0.717) is 12.2 Å². The molecule has 1 aromatic heterocycles. The van der Waals surface area contributed by atoms with Gasteiger partial charge < -0.3 is 4.74 Å². The first-order chi connectivity index (χ1) is 11.2. The number of hydrogen-bond donors (Lipinski definition) is 0. The number of nitrogens with zero attached hydrogens (tertiary/aromatic N) is 2. The zero-order valence-electron chi connectivity index (χ0n) is 13.5. The van der Waals surface area contributed by atoms with Gasteiger partial charge in [-0.15, -0.1) is 0 Å². The van der Waals surface area contributed by atoms with E-state index in [2.05, 4.69) is 9.97 Å². The number of benzene rings is 1. The highest BCUT2D eigenvalue weighted by atomic mass is 35.5. The molecule has 6 nitrogen and oxygen atoms in total. The van der Waals surface area contributed by atoms with E-state index < -0.39 is 21.0 Å². The highest BCUT2D eigenvalue weighted by Crippen LogP contribution is 2.20. The minimum Gasteiger partial charge on any atom is -0.422 e. The average molecular weight is 369 g/mol. The highest BCUT2D eigenvalue weighted by Gasteiger charge is 2.23. The molecule has 1 heterocycles. The third-order valence-electron chi connectivity index (χ3n) is 3.07. The molecule has 0 unspecified atom stereocenters. The van der Waals surface area contributed by atoms with Crippen LogP contribution in [-0.2, 0) is 9.84 Å². The van der Waals surface area contributed by atoms with E-state index in [0.717, 1.165) is 17.3 Å². The lowest BCUT2D eigenvalue weighted by Gasteiger charge is -2.08. The normalized spacial score (nSPS) is 11.3. The van der Waals surface area contributed by atoms with E-state index in [9.17, 15) is 13.2 Å². The Morgan fingerprint density at radius 1 is 1.21 bits per heavy atom. The summed E-state index contributed by atoms with van der Waals surface area (Å²) in [5.74, 6) is -0.606. The fourth-order valence-electron chi connectivity index (χ4n) is 2.15. The molecule has 0 atom stereocenters. The standard InChI is InChI=1S/C16H17ClN2O4S/c1-4-5-24(21,22)16-18-9-13(17)14(19-16)15(20)23-12-7-10(2)6-11(3)8-12/h6-9H,4-5H2,1-3H3. The van der Waals surface area contributed by atoms with E-state index in [-0.39, 0.29) is 16.5 Å². The summed E-state index contributed by atoms with van der Waals surface area (Å²) >= 11 is 5.93. The van der Waals surface area contributed by atoms with Gasteiger partial charge in [0.15, 0.2) is 5.69 Å². The molecule has 24 heavy (non-hydrogen) atoms. The number of hydrogen-bond acceptors (Lipinski definition) is 6. The molecule has 0 saturated heterocycles. The summed E-state index contributed by atoms with van der Waals surface area (Å²) in [6.45, 7) is 5.47. The van der Waals surface area contributed by atoms with Crippen LogP contribution < -0.4 is 4.74 Å². The zero-order valence-corrected chi connectivity index (χ0v) is 15.1. The summed E-state index contributed by atoms with van der Waals surface area (Å²) < 4.78 is 29.4. The van der Waals surface area contributed by atoms with Gasteiger partial charge in [-0.2, -0.15) is 0 Å². The van der Waals surface area contributed by atoms with Crippen molar-refractivity contribution in [3.05, 3.63) is 46.2 Å². The smallest absolute Gasteiger partial charge is 0.364 e. The number of carbonyl (C=O) groups is 1. The molecule has 2 aromatic rings. The first-order valence-corrected chi connectivity index (χ1v) is 9.31. The van der Waals surface area contributed by atoms with Gasteiger partial charge in [-0.25, -0.2) is 23.2 Å². The summed E-state index contributed by atoms with van der Waals surface area (Å²) in [4.78, 5) is 19.8. The van der Waals surface area contributed by atoms with E-state index in [1.54, 1.807) is 19.1 Å². The number of aromatic nitrogens is 2. The molecule has 0 radical (unpaired) electrons. The number of halogens is 1. The fraction of sp³-hybridized carbons (Fsp3) is 0.312. The lowest BCUT2D eigenvalue weighted by atomic mass is 10.1. The van der Waals surface area contributed by atoms with E-state index in [1.807, 2.05) is 19.9 Å². The van der Waals surface area contributed by atoms with Crippen molar-refractivity contribution in [3.63, 3.8) is 0 Å². The Morgan fingerprint density at radius 3 is 2.42 bits per heavy atom. The van der Waals surface area contributed by atoms with E-state index in [1.165, 1.54) is 0 Å². The summed E-state index contributed by atoms with van der Waals surface area (Å²) in [6.07, 6.45) is 1.51. The number of esters is 1. The van der Waals surface area contributed by atoms with Crippen LogP contribution in [0, 0.1) is 13.8 Å². The van der Waals surface area contributed by atoms with E-state index >= 15 is 0 Å². The maximum absolute atomic E-state index is 12.3. The average Bonchev–Trinajstić information content (AvgIpc) is 2.46. The van der Waals surface area contributed by atoms with Crippen LogP contribution in [0.5, 0.6) is 5.75 Å². The van der Waals surface area contributed by atoms with Crippen molar-refractivity contribution in [1.29, 1.82) is 0 Å². The zero-order chi connectivity index (χ0) is 17.9. The number of sulfone groups is 1. The molecule has 0 N–H and O–H groups in total. The van der Waals surface area contributed by atoms with Gasteiger partial charge in [0, 0.05) is 0 Å². The largest absolute Gasteiger partial charge is 0.422 e. The van der Waals surface area contributed by atoms with Crippen molar-refractivity contribution in [1.82, 2.24) is 9.97 Å². The maximum Gasteiger partial charge on any atom is 0.364 e. The highest BCUT2D eigenvalue weighted by molar-refractivity contribution is 7.91. The van der Waals surface area contributed by atoms with Crippen LogP contribution >= 0.6 is 11.6 Å². The van der Waals surface area contributed by atoms with Gasteiger partial charge in [-0.1, -0.05) is 24.6 Å². The van der Waals surface area contributed by atoms with Crippen LogP contribution in [0.4, 0.5) is 0 Å². The Morgan fingerprint density at radius 2 is 1.83 bits per heavy atom. The van der Waals surface area contributed by atoms with Gasteiger partial charge in [0.2, 0.25) is 15.0 Å². The fourth-order valence-corrected chi connectivity index (χ4v) is 3.48. The molecule has 0 saturated carbocycles. The van der Waals surface area contributed by atoms with Gasteiger partial charge in [0.25, 0.3) is 0 Å². The molecule has 128 valence electrons. The molecule has 0 fully saturated rings. The molecule has 0 aliphatic heterocycles. The molecule has 1 aromatic carbocycles. The molecule has 0 bridgehead atoms. The second-order valence-electron chi connectivity index (χ2n) is 5.38. The Labute approximate surface area is 145 Å². The number of aryl methyl sites for hydroxylation is 2. The number of carbonyl (C=O) groups excluding carboxylic acids is 1. The third kappa shape index (κ3) is 4.30. The van der Waals surface area contributed by atoms with Gasteiger partial charge in [-0.05, 0) is 43.5 Å². The Bertz CT molecular complexity index is 861. The molecular weight excluding hydrogens is 352 g/mol. The van der Waals surface area contributed by atoms with Crippen LogP contribution in [0.2, 0.25) is 5.02 Å². The van der Waals surface area contributed by atoms with Crippen LogP contribution in [0.15, 0.2) is 29.6 Å². The molecule has 0 aliphatic carbocycles. The van der Waals surface area contributed by atoms with Crippen molar-refractivity contribution in [3.8, 4) is 5.75 Å². The van der Waals surface area contributed by atoms with Gasteiger partial charge in [0.1, 0.15) is 5.75 Å². The second-order valence-corrected chi connectivity index (χ2v) is 7.79. The van der Waals surface area contributed by atoms with Crippen LogP contribution in [0.25, 0.3) is 0 Å². The van der Waals surface area contributed by atoms with Crippen molar-refractivity contribution >= 4 is 27.4 Å². The summed E-state index contributed by atoms with van der Waals surface area (Å²) in [5.41, 5.74) is 1.58. The minimum absolute atomic E-state index is 0.0696. The van der Waals surface area contributed by atoms with Crippen LogP contribution in [0.3, 0.4) is 0 Å². The van der Waals surface area contributed by atoms with Crippen molar-refractivity contribution in [2.45, 2.75) is 32.3 Å². The van der Waals surface area contributed by atoms with Gasteiger partial charge in [0.05, 0.1) is 17.0 Å². The molecule has 8 heteroatoms. The monoisotopic (exact) mass is 368 g/mol. The van der Waals surface area contributed by atoms with E-state index in [4.69, 9.17) is 16.3 Å². The molecular formula is C16H17ClN2O4S. The minimum atomic E-state index is -3.66. The second kappa shape index (κ2) is 7.27. The predicted molar refractivity (Wildman–Crippen MR) is 90.3 cm³/mol. The van der Waals surface area contributed by atoms with Crippen molar-refractivity contribution in [2.24, 2.45) is 0 Å². The number of ether oxygens (including phenoxy) is 1. The lowest BCUT2D eigenvalue weighted by Crippen LogP contribution is -2.17. The van der Waals surface area contributed by atoms with Gasteiger partial charge >= 0.3 is 5.97 Å². The third-order valence-corrected chi connectivity index (χ3v) is 5.05. The van der Waals surface area contributed by atoms with Crippen LogP contribution in [0.1, 0.15) is 35.0 Å². The first kappa shape index (κ1) is 18.4. The summed E-state index contributed by atoms with van der Waals surface area (Å²) in [7, 11) is -3.66. The maximum atomic E-state index is 12.3. The molecule has 0 aliphatic rings.